The summed E-state index contributed by atoms with van der Waals surface area (Å²) < 4.78 is 0. The van der Waals surface area contributed by atoms with Crippen LogP contribution in [0.3, 0.4) is 0 Å². The lowest BCUT2D eigenvalue weighted by atomic mass is 11.3. The van der Waals surface area contributed by atoms with Crippen LogP contribution in [0.5, 0.6) is 0 Å². The summed E-state index contributed by atoms with van der Waals surface area (Å²) in [6.45, 7) is 0. The Hall–Kier alpha value is -1.57. The van der Waals surface area contributed by atoms with Gasteiger partial charge in [-0.3, -0.25) is 4.79 Å². The van der Waals surface area contributed by atoms with Crippen molar-refractivity contribution in [2.24, 2.45) is 4.99 Å². The molecular formula is C3H2N2O3. The Morgan fingerprint density at radius 2 is 1.88 bits per heavy atom. The largest absolute Gasteiger partial charge is 0.276 e. The smallest absolute Gasteiger partial charge is 0.243 e. The zero-order valence-electron chi connectivity index (χ0n) is 3.75. The third-order valence-corrected chi connectivity index (χ3v) is 0.105. The third kappa shape index (κ3) is 282. The third-order valence-electron chi connectivity index (χ3n) is 0.105. The standard InChI is InChI=1S/C2HNO2.CHNO/c4-1-3-2-5;2-1-3/h1H;2H. The molecule has 0 fully saturated rings. The molecule has 5 heteroatoms. The highest BCUT2D eigenvalue weighted by atomic mass is 16.1. The quantitative estimate of drug-likeness (QED) is 0.280. The number of carbonyl (C=O) groups is 1. The van der Waals surface area contributed by atoms with Crippen molar-refractivity contribution in [2.75, 3.05) is 0 Å². The van der Waals surface area contributed by atoms with Crippen LogP contribution >= 0.6 is 0 Å². The van der Waals surface area contributed by atoms with Crippen LogP contribution in [0.25, 0.3) is 0 Å². The molecule has 0 rings (SSSR count). The minimum atomic E-state index is 0.132. The van der Waals surface area contributed by atoms with E-state index < -0.39 is 0 Å². The summed E-state index contributed by atoms with van der Waals surface area (Å²) in [4.78, 5) is 28.7. The van der Waals surface area contributed by atoms with Crippen LogP contribution in [0.15, 0.2) is 4.99 Å². The van der Waals surface area contributed by atoms with Gasteiger partial charge in [0.2, 0.25) is 18.6 Å². The van der Waals surface area contributed by atoms with E-state index in [4.69, 9.17) is 19.8 Å². The first-order valence-corrected chi connectivity index (χ1v) is 1.38. The van der Waals surface area contributed by atoms with Gasteiger partial charge in [0.1, 0.15) is 0 Å². The number of amides is 1. The highest BCUT2D eigenvalue weighted by Gasteiger charge is 1.47. The second-order valence-corrected chi connectivity index (χ2v) is 0.428. The topological polar surface area (TPSA) is 87.4 Å². The molecule has 0 saturated heterocycles. The molecule has 8 heavy (non-hydrogen) atoms. The van der Waals surface area contributed by atoms with Crippen molar-refractivity contribution in [2.45, 2.75) is 0 Å². The van der Waals surface area contributed by atoms with Gasteiger partial charge in [-0.2, -0.15) is 0 Å². The molecule has 0 saturated carbocycles. The van der Waals surface area contributed by atoms with E-state index >= 15 is 0 Å². The maximum atomic E-state index is 8.98. The fourth-order valence-corrected chi connectivity index (χ4v) is 0.0215. The fourth-order valence-electron chi connectivity index (χ4n) is 0.0215. The zero-order valence-corrected chi connectivity index (χ0v) is 3.75. The van der Waals surface area contributed by atoms with E-state index in [0.717, 1.165) is 12.2 Å². The number of hydrogen-bond acceptors (Lipinski definition) is 4. The van der Waals surface area contributed by atoms with Gasteiger partial charge in [0, 0.05) is 0 Å². The molecule has 0 aliphatic carbocycles. The first kappa shape index (κ1) is 9.66. The van der Waals surface area contributed by atoms with Gasteiger partial charge in [-0.15, -0.1) is 4.99 Å². The van der Waals surface area contributed by atoms with Gasteiger partial charge in [-0.1, -0.05) is 0 Å². The van der Waals surface area contributed by atoms with Gasteiger partial charge in [0.15, 0.2) is 0 Å². The number of aliphatic imine (C=N–C) groups is 1. The molecule has 0 aliphatic rings. The summed E-state index contributed by atoms with van der Waals surface area (Å²) in [6, 6.07) is 0. The molecular weight excluding hydrogens is 112 g/mol. The minimum absolute atomic E-state index is 0.132. The average molecular weight is 114 g/mol. The molecule has 0 aliphatic heterocycles. The number of isocyanates is 2. The van der Waals surface area contributed by atoms with Gasteiger partial charge < -0.3 is 0 Å². The summed E-state index contributed by atoms with van der Waals surface area (Å²) in [5.74, 6) is 0. The summed E-state index contributed by atoms with van der Waals surface area (Å²) >= 11 is 0. The molecule has 0 atom stereocenters. The van der Waals surface area contributed by atoms with Crippen LogP contribution in [-0.2, 0) is 14.4 Å². The monoisotopic (exact) mass is 114 g/mol. The Morgan fingerprint density at radius 1 is 1.50 bits per heavy atom. The minimum Gasteiger partial charge on any atom is -0.276 e. The van der Waals surface area contributed by atoms with Crippen molar-refractivity contribution in [3.05, 3.63) is 0 Å². The summed E-state index contributed by atoms with van der Waals surface area (Å²) in [7, 11) is 0. The second kappa shape index (κ2) is 18.0. The van der Waals surface area contributed by atoms with Crippen LogP contribution in [0, 0.1) is 5.41 Å². The Kier molecular flexibility index (Phi) is 21.8. The van der Waals surface area contributed by atoms with E-state index in [0.29, 0.717) is 0 Å². The van der Waals surface area contributed by atoms with Crippen molar-refractivity contribution in [1.29, 1.82) is 5.41 Å². The molecule has 0 aromatic heterocycles. The first-order chi connectivity index (χ1) is 3.83. The highest BCUT2D eigenvalue weighted by Crippen LogP contribution is 1.35. The van der Waals surface area contributed by atoms with E-state index in [1.165, 1.54) is 0 Å². The number of nitrogens with zero attached hydrogens (tertiary/aromatic N) is 1. The van der Waals surface area contributed by atoms with Crippen LogP contribution < -0.4 is 0 Å². The number of nitrogens with one attached hydrogen (secondary N) is 1. The summed E-state index contributed by atoms with van der Waals surface area (Å²) in [6.07, 6.45) is 1.91. The van der Waals surface area contributed by atoms with Crippen LogP contribution in [0.4, 0.5) is 0 Å². The molecule has 1 amide bonds. The van der Waals surface area contributed by atoms with Gasteiger partial charge in [0.05, 0.1) is 0 Å². The predicted octanol–water partition coefficient (Wildman–Crippen LogP) is -0.620. The maximum absolute atomic E-state index is 8.98. The van der Waals surface area contributed by atoms with E-state index in [9.17, 15) is 0 Å². The highest BCUT2D eigenvalue weighted by molar-refractivity contribution is 5.58. The molecule has 1 N–H and O–H groups in total. The molecule has 0 aromatic rings. The Labute approximate surface area is 44.5 Å². The van der Waals surface area contributed by atoms with Crippen molar-refractivity contribution in [1.82, 2.24) is 0 Å². The lowest BCUT2D eigenvalue weighted by molar-refractivity contribution is -0.106. The van der Waals surface area contributed by atoms with Crippen LogP contribution in [0.1, 0.15) is 0 Å². The lowest BCUT2D eigenvalue weighted by Gasteiger charge is -1.39. The van der Waals surface area contributed by atoms with Gasteiger partial charge in [0.25, 0.3) is 0 Å². The molecule has 0 bridgehead atoms. The Balaban J connectivity index is 0. The van der Waals surface area contributed by atoms with E-state index in [-0.39, 0.29) is 6.41 Å². The first-order valence-electron chi connectivity index (χ1n) is 1.38. The zero-order chi connectivity index (χ0) is 6.83. The van der Waals surface area contributed by atoms with Crippen molar-refractivity contribution >= 4 is 18.6 Å². The summed E-state index contributed by atoms with van der Waals surface area (Å²) in [5, 5.41) is 5.40. The Bertz CT molecular complexity index is 129. The molecule has 0 radical (unpaired) electrons. The molecule has 0 spiro atoms. The van der Waals surface area contributed by atoms with Gasteiger partial charge >= 0.3 is 0 Å². The molecule has 0 heterocycles. The van der Waals surface area contributed by atoms with E-state index in [1.54, 1.807) is 0 Å². The SMILES string of the molecule is N=C=O.O=C=NC=O. The van der Waals surface area contributed by atoms with Crippen LogP contribution in [-0.4, -0.2) is 18.6 Å². The average Bonchev–Trinajstić information content (AvgIpc) is 1.71. The number of hydrogen-bond donors (Lipinski definition) is 1. The van der Waals surface area contributed by atoms with E-state index in [2.05, 4.69) is 4.99 Å². The van der Waals surface area contributed by atoms with Gasteiger partial charge in [-0.05, 0) is 0 Å². The second-order valence-electron chi connectivity index (χ2n) is 0.428. The van der Waals surface area contributed by atoms with Gasteiger partial charge in [-0.25, -0.2) is 15.0 Å². The van der Waals surface area contributed by atoms with Crippen molar-refractivity contribution in [3.63, 3.8) is 0 Å². The Morgan fingerprint density at radius 3 is 1.88 bits per heavy atom. The molecule has 42 valence electrons. The van der Waals surface area contributed by atoms with Crippen molar-refractivity contribution in [3.8, 4) is 0 Å². The molecule has 5 nitrogen and oxygen atoms in total. The fraction of sp³-hybridized carbons (Fsp3) is 0. The lowest BCUT2D eigenvalue weighted by Crippen LogP contribution is -1.52. The van der Waals surface area contributed by atoms with E-state index in [1.807, 2.05) is 0 Å². The maximum Gasteiger partial charge on any atom is 0.243 e. The van der Waals surface area contributed by atoms with Crippen molar-refractivity contribution < 1.29 is 14.4 Å². The normalized spacial score (nSPS) is 4.00. The molecule has 0 unspecified atom stereocenters. The van der Waals surface area contributed by atoms with Crippen LogP contribution in [0.2, 0.25) is 0 Å². The molecule has 0 aromatic carbocycles. The number of rotatable bonds is 1. The predicted molar refractivity (Wildman–Crippen MR) is 22.6 cm³/mol. The summed E-state index contributed by atoms with van der Waals surface area (Å²) in [5.41, 5.74) is 0. The number of carbonyl (C=O) groups excluding carboxylic acids is 3.